The Kier molecular flexibility index (Phi) is 15.1. The van der Waals surface area contributed by atoms with Crippen LogP contribution in [0.15, 0.2) is 215 Å². The van der Waals surface area contributed by atoms with Crippen molar-refractivity contribution in [3.63, 3.8) is 0 Å². The molecule has 8 aromatic rings. The summed E-state index contributed by atoms with van der Waals surface area (Å²) in [6.45, 7) is 1.34. The zero-order chi connectivity index (χ0) is 52.6. The number of ether oxygens (including phenoxy) is 2. The Morgan fingerprint density at radius 1 is 0.789 bits per heavy atom. The molecular formula is C59H50N6O9S2. The number of nitrogens with zero attached hydrogens (tertiary/aromatic N) is 4. The summed E-state index contributed by atoms with van der Waals surface area (Å²) in [7, 11) is 1.58. The largest absolute Gasteiger partial charge is 0.497 e. The van der Waals surface area contributed by atoms with Crippen molar-refractivity contribution >= 4 is 51.7 Å². The number of aliphatic carboxylic acids is 1. The molecule has 0 unspecified atom stereocenters. The van der Waals surface area contributed by atoms with Gasteiger partial charge in [-0.25, -0.2) is 9.78 Å². The van der Waals surface area contributed by atoms with E-state index in [0.29, 0.717) is 22.2 Å². The molecule has 2 aliphatic rings. The van der Waals surface area contributed by atoms with Crippen LogP contribution in [0.5, 0.6) is 11.5 Å². The van der Waals surface area contributed by atoms with E-state index in [2.05, 4.69) is 15.8 Å². The number of methoxy groups -OCH3 is 1. The minimum atomic E-state index is -1.23. The lowest BCUT2D eigenvalue weighted by Gasteiger charge is -2.49. The zero-order valence-corrected chi connectivity index (χ0v) is 42.8. The molecular weight excluding hydrogens is 1000 g/mol. The highest BCUT2D eigenvalue weighted by Gasteiger charge is 2.54. The molecule has 2 amide bonds. The van der Waals surface area contributed by atoms with Crippen molar-refractivity contribution in [1.29, 1.82) is 0 Å². The number of nitrogens with one attached hydrogen (secondary N) is 2. The number of benzene rings is 6. The number of hydrogen-bond acceptors (Lipinski definition) is 13. The highest BCUT2D eigenvalue weighted by atomic mass is 32.2. The summed E-state index contributed by atoms with van der Waals surface area (Å²) in [5.74, 6) is -1.58. The lowest BCUT2D eigenvalue weighted by atomic mass is 9.77. The van der Waals surface area contributed by atoms with Gasteiger partial charge in [-0.2, -0.15) is 4.73 Å². The molecule has 17 heteroatoms. The quantitative estimate of drug-likeness (QED) is 0.0285. The first-order valence-electron chi connectivity index (χ1n) is 24.2. The van der Waals surface area contributed by atoms with Gasteiger partial charge in [-0.15, -0.1) is 23.1 Å². The number of carboxylic acid groups (broad SMARTS) is 1. The van der Waals surface area contributed by atoms with Gasteiger partial charge in [0, 0.05) is 17.2 Å². The third-order valence-electron chi connectivity index (χ3n) is 12.9. The molecule has 382 valence electrons. The van der Waals surface area contributed by atoms with Gasteiger partial charge in [-0.3, -0.25) is 19.3 Å². The van der Waals surface area contributed by atoms with Crippen molar-refractivity contribution in [1.82, 2.24) is 19.9 Å². The van der Waals surface area contributed by atoms with Crippen LogP contribution in [0.1, 0.15) is 57.8 Å². The van der Waals surface area contributed by atoms with Crippen molar-refractivity contribution in [2.45, 2.75) is 43.2 Å². The van der Waals surface area contributed by atoms with Crippen LogP contribution in [-0.4, -0.2) is 67.5 Å². The Labute approximate surface area is 446 Å². The first kappa shape index (κ1) is 50.6. The van der Waals surface area contributed by atoms with Gasteiger partial charge in [-0.05, 0) is 58.0 Å². The highest BCUT2D eigenvalue weighted by Crippen LogP contribution is 2.42. The fraction of sp³-hybridized carbons (Fsp3) is 0.153. The molecule has 0 radical (unpaired) electrons. The number of pyridine rings is 1. The molecule has 2 aliphatic heterocycles. The van der Waals surface area contributed by atoms with E-state index >= 15 is 0 Å². The number of anilines is 1. The van der Waals surface area contributed by atoms with Crippen LogP contribution in [0.4, 0.5) is 5.13 Å². The van der Waals surface area contributed by atoms with Crippen molar-refractivity contribution in [2.75, 3.05) is 18.2 Å². The maximum Gasteiger partial charge on any atom is 0.352 e. The van der Waals surface area contributed by atoms with Gasteiger partial charge in [0.25, 0.3) is 11.8 Å². The number of carbonyl (C=O) groups is 3. The molecule has 2 aromatic heterocycles. The molecule has 76 heavy (non-hydrogen) atoms. The number of β-lactam (4-membered cyclic amide) rings is 1. The monoisotopic (exact) mass is 1050 g/mol. The van der Waals surface area contributed by atoms with Gasteiger partial charge in [0.1, 0.15) is 46.4 Å². The van der Waals surface area contributed by atoms with Crippen LogP contribution in [-0.2, 0) is 38.0 Å². The van der Waals surface area contributed by atoms with E-state index in [4.69, 9.17) is 24.1 Å². The zero-order valence-electron chi connectivity index (χ0n) is 41.1. The van der Waals surface area contributed by atoms with Crippen LogP contribution in [0.25, 0.3) is 0 Å². The third kappa shape index (κ3) is 10.6. The molecule has 0 bridgehead atoms. The third-order valence-corrected chi connectivity index (χ3v) is 15.1. The summed E-state index contributed by atoms with van der Waals surface area (Å²) in [4.78, 5) is 73.6. The Bertz CT molecular complexity index is 3330. The van der Waals surface area contributed by atoms with Gasteiger partial charge in [0.05, 0.1) is 13.3 Å². The summed E-state index contributed by atoms with van der Waals surface area (Å²) in [5, 5.41) is 22.4. The van der Waals surface area contributed by atoms with Crippen LogP contribution >= 0.6 is 23.1 Å². The molecule has 2 atom stereocenters. The Morgan fingerprint density at radius 2 is 1.36 bits per heavy atom. The number of thioether (sulfide) groups is 1. The number of carboxylic acids is 1. The molecule has 15 nitrogen and oxygen atoms in total. The predicted octanol–water partition coefficient (Wildman–Crippen LogP) is 9.19. The summed E-state index contributed by atoms with van der Waals surface area (Å²) < 4.78 is 12.8. The van der Waals surface area contributed by atoms with E-state index in [0.717, 1.165) is 33.4 Å². The van der Waals surface area contributed by atoms with E-state index in [-0.39, 0.29) is 35.2 Å². The van der Waals surface area contributed by atoms with Gasteiger partial charge < -0.3 is 34.9 Å². The van der Waals surface area contributed by atoms with Crippen molar-refractivity contribution in [2.24, 2.45) is 5.16 Å². The normalized spacial score (nSPS) is 15.3. The number of oxime groups is 1. The minimum absolute atomic E-state index is 0.000942. The lowest BCUT2D eigenvalue weighted by Crippen LogP contribution is -2.71. The van der Waals surface area contributed by atoms with E-state index in [1.165, 1.54) is 45.0 Å². The standard InChI is InChI=1S/C59H50N6O9S2/c1-38-36-75-56-51(55(68)65(56)52(38)57(69)70)61-54(67)50(47-37-76-58(60-47)62-59(42-22-12-5-13-23-42,43-24-14-6-15-25-43)44-26-16-7-17-27-44)63-73-35-45-32-48(66)49(72-34-39-28-30-46(71-2)31-29-39)33-64(45)74-53(40-18-8-3-9-19-40)41-20-10-4-11-21-41/h3-33,37,51,53,56H,34-36H2,1-2H3,(H,60,62)(H,61,67)(H,69,70)/b63-50-/t51-,56-/m1/s1. The van der Waals surface area contributed by atoms with Crippen molar-refractivity contribution < 1.29 is 38.6 Å². The molecule has 1 fully saturated rings. The average molecular weight is 1050 g/mol. The summed E-state index contributed by atoms with van der Waals surface area (Å²) in [5.41, 5.74) is 4.26. The highest BCUT2D eigenvalue weighted by molar-refractivity contribution is 8.00. The Morgan fingerprint density at radius 3 is 1.91 bits per heavy atom. The number of fused-ring (bicyclic) bond motifs is 1. The van der Waals surface area contributed by atoms with Gasteiger partial charge in [0.2, 0.25) is 5.43 Å². The number of aromatic nitrogens is 2. The second kappa shape index (κ2) is 22.7. The topological polar surface area (TPSA) is 183 Å². The summed E-state index contributed by atoms with van der Waals surface area (Å²) in [6.07, 6.45) is 0.783. The molecule has 3 N–H and O–H groups in total. The lowest BCUT2D eigenvalue weighted by molar-refractivity contribution is -0.150. The maximum absolute atomic E-state index is 14.7. The van der Waals surface area contributed by atoms with Gasteiger partial charge >= 0.3 is 5.97 Å². The minimum Gasteiger partial charge on any atom is -0.497 e. The number of amides is 2. The fourth-order valence-corrected chi connectivity index (χ4v) is 11.2. The molecule has 10 rings (SSSR count). The van der Waals surface area contributed by atoms with E-state index < -0.39 is 52.9 Å². The number of carbonyl (C=O) groups excluding carboxylic acids is 2. The first-order chi connectivity index (χ1) is 37.1. The summed E-state index contributed by atoms with van der Waals surface area (Å²) >= 11 is 2.58. The average Bonchev–Trinajstić information content (AvgIpc) is 3.93. The molecule has 0 saturated carbocycles. The SMILES string of the molecule is COc1ccc(COc2cn(OC(c3ccccc3)c3ccccc3)c(CO/N=C(\C(=O)N[C@@H]3C(=O)N4C(C(=O)O)=C(C)CS[C@H]34)c3csc(NC(c4ccccc4)(c4ccccc4)c4ccccc4)n3)cc2=O)cc1. The molecule has 1 saturated heterocycles. The molecule has 6 aromatic carbocycles. The fourth-order valence-electron chi connectivity index (χ4n) is 9.15. The number of hydrogen-bond donors (Lipinski definition) is 3. The molecule has 4 heterocycles. The second-order valence-corrected chi connectivity index (χ2v) is 19.7. The Hall–Kier alpha value is -8.93. The maximum atomic E-state index is 14.7. The number of rotatable bonds is 20. The van der Waals surface area contributed by atoms with Gasteiger partial charge in [0.15, 0.2) is 29.3 Å². The van der Waals surface area contributed by atoms with Crippen LogP contribution in [0.3, 0.4) is 0 Å². The van der Waals surface area contributed by atoms with Crippen LogP contribution in [0, 0.1) is 0 Å². The van der Waals surface area contributed by atoms with E-state index in [1.54, 1.807) is 31.5 Å². The van der Waals surface area contributed by atoms with Crippen molar-refractivity contribution in [3.8, 4) is 11.5 Å². The van der Waals surface area contributed by atoms with Crippen LogP contribution in [0.2, 0.25) is 0 Å². The van der Waals surface area contributed by atoms with Crippen molar-refractivity contribution in [3.05, 3.63) is 260 Å². The second-order valence-electron chi connectivity index (χ2n) is 17.8. The number of thiazole rings is 1. The smallest absolute Gasteiger partial charge is 0.352 e. The first-order valence-corrected chi connectivity index (χ1v) is 26.1. The predicted molar refractivity (Wildman–Crippen MR) is 291 cm³/mol. The summed E-state index contributed by atoms with van der Waals surface area (Å²) in [6, 6.07) is 56.6. The molecule has 0 spiro atoms. The van der Waals surface area contributed by atoms with E-state index in [9.17, 15) is 24.3 Å². The Balaban J connectivity index is 1.01. The molecule has 0 aliphatic carbocycles. The van der Waals surface area contributed by atoms with Crippen LogP contribution < -0.4 is 30.4 Å². The van der Waals surface area contributed by atoms with E-state index in [1.807, 2.05) is 164 Å². The van der Waals surface area contributed by atoms with Gasteiger partial charge in [-0.1, -0.05) is 169 Å².